The van der Waals surface area contributed by atoms with Crippen molar-refractivity contribution >= 4 is 23.2 Å². The molecule has 0 aliphatic carbocycles. The molecule has 0 unspecified atom stereocenters. The van der Waals surface area contributed by atoms with Gasteiger partial charge in [-0.05, 0) is 23.3 Å². The molecule has 1 saturated heterocycles. The Bertz CT molecular complexity index is 583. The summed E-state index contributed by atoms with van der Waals surface area (Å²) >= 11 is 12.6. The lowest BCUT2D eigenvalue weighted by atomic mass is 10.1. The predicted octanol–water partition coefficient (Wildman–Crippen LogP) is 2.40. The van der Waals surface area contributed by atoms with Crippen LogP contribution in [0.3, 0.4) is 0 Å². The second-order valence-corrected chi connectivity index (χ2v) is 5.84. The second kappa shape index (κ2) is 7.39. The minimum absolute atomic E-state index is 0.0902. The number of nitrogens with zero attached hydrogens (tertiary/aromatic N) is 1. The molecular formula is C15H17Cl2N5. The second-order valence-electron chi connectivity index (χ2n) is 5.03. The van der Waals surface area contributed by atoms with Crippen LogP contribution in [0.25, 0.3) is 0 Å². The largest absolute Gasteiger partial charge is 0.265 e. The maximum Gasteiger partial charge on any atom is 0.142 e. The van der Waals surface area contributed by atoms with Gasteiger partial charge in [0.15, 0.2) is 0 Å². The summed E-state index contributed by atoms with van der Waals surface area (Å²) in [4.78, 5) is 2.19. The fraction of sp³-hybridized carbons (Fsp3) is 0.200. The molecule has 1 aliphatic heterocycles. The van der Waals surface area contributed by atoms with E-state index in [0.717, 1.165) is 21.2 Å². The molecule has 0 amide bonds. The van der Waals surface area contributed by atoms with Crippen molar-refractivity contribution < 1.29 is 0 Å². The standard InChI is InChI=1S/C15H17Cl2N5/c16-13-7-3-1-5-11(13)9-22(15-18-20-21-19-15)10-12-6-2-4-8-14(12)17/h1-8,15,18-21H,9-10H2. The van der Waals surface area contributed by atoms with Crippen LogP contribution < -0.4 is 21.9 Å². The van der Waals surface area contributed by atoms with Crippen LogP contribution in [0.15, 0.2) is 48.5 Å². The molecule has 2 aromatic carbocycles. The average Bonchev–Trinajstić information content (AvgIpc) is 3.05. The van der Waals surface area contributed by atoms with Crippen LogP contribution in [0.2, 0.25) is 10.0 Å². The third-order valence-electron chi connectivity index (χ3n) is 3.51. The van der Waals surface area contributed by atoms with Gasteiger partial charge in [-0.2, -0.15) is 11.1 Å². The van der Waals surface area contributed by atoms with E-state index in [9.17, 15) is 0 Å². The fourth-order valence-electron chi connectivity index (χ4n) is 2.36. The van der Waals surface area contributed by atoms with Crippen molar-refractivity contribution in [3.05, 3.63) is 69.7 Å². The van der Waals surface area contributed by atoms with E-state index in [2.05, 4.69) is 26.8 Å². The number of hydrazine groups is 3. The number of halogens is 2. The predicted molar refractivity (Wildman–Crippen MR) is 88.5 cm³/mol. The van der Waals surface area contributed by atoms with Crippen LogP contribution >= 0.6 is 23.2 Å². The van der Waals surface area contributed by atoms with Crippen molar-refractivity contribution in [2.24, 2.45) is 0 Å². The van der Waals surface area contributed by atoms with Gasteiger partial charge >= 0.3 is 0 Å². The Morgan fingerprint density at radius 2 is 1.23 bits per heavy atom. The van der Waals surface area contributed by atoms with Gasteiger partial charge in [0.1, 0.15) is 6.29 Å². The van der Waals surface area contributed by atoms with Crippen molar-refractivity contribution in [2.45, 2.75) is 19.4 Å². The highest BCUT2D eigenvalue weighted by atomic mass is 35.5. The zero-order valence-corrected chi connectivity index (χ0v) is 13.3. The van der Waals surface area contributed by atoms with Gasteiger partial charge in [0, 0.05) is 23.1 Å². The number of rotatable bonds is 5. The molecule has 0 atom stereocenters. The van der Waals surface area contributed by atoms with Gasteiger partial charge in [-0.25, -0.2) is 10.9 Å². The summed E-state index contributed by atoms with van der Waals surface area (Å²) in [5, 5.41) is 1.51. The SMILES string of the molecule is Clc1ccccc1CN(Cc1ccccc1Cl)C1NNNN1. The lowest BCUT2D eigenvalue weighted by Gasteiger charge is -2.28. The highest BCUT2D eigenvalue weighted by Gasteiger charge is 2.23. The lowest BCUT2D eigenvalue weighted by Crippen LogP contribution is -2.49. The Labute approximate surface area is 139 Å². The Hall–Kier alpha value is -1.18. The molecule has 5 nitrogen and oxygen atoms in total. The molecule has 1 fully saturated rings. The highest BCUT2D eigenvalue weighted by Crippen LogP contribution is 2.22. The van der Waals surface area contributed by atoms with E-state index in [0.29, 0.717) is 13.1 Å². The molecule has 0 saturated carbocycles. The molecule has 116 valence electrons. The first-order chi connectivity index (χ1) is 10.7. The van der Waals surface area contributed by atoms with Gasteiger partial charge in [0.2, 0.25) is 0 Å². The summed E-state index contributed by atoms with van der Waals surface area (Å²) in [5.74, 6) is 0. The Balaban J connectivity index is 1.81. The molecule has 7 heteroatoms. The van der Waals surface area contributed by atoms with Crippen molar-refractivity contribution in [3.8, 4) is 0 Å². The molecule has 3 rings (SSSR count). The van der Waals surface area contributed by atoms with E-state index in [-0.39, 0.29) is 6.29 Å². The van der Waals surface area contributed by atoms with Gasteiger partial charge in [-0.1, -0.05) is 59.6 Å². The van der Waals surface area contributed by atoms with Crippen LogP contribution in [0.1, 0.15) is 11.1 Å². The van der Waals surface area contributed by atoms with Crippen molar-refractivity contribution in [3.63, 3.8) is 0 Å². The molecule has 4 N–H and O–H groups in total. The van der Waals surface area contributed by atoms with Crippen LogP contribution in [0.4, 0.5) is 0 Å². The van der Waals surface area contributed by atoms with Crippen molar-refractivity contribution in [2.75, 3.05) is 0 Å². The van der Waals surface area contributed by atoms with Crippen LogP contribution in [-0.2, 0) is 13.1 Å². The third kappa shape index (κ3) is 3.77. The van der Waals surface area contributed by atoms with E-state index in [1.807, 2.05) is 48.5 Å². The minimum atomic E-state index is -0.0902. The third-order valence-corrected chi connectivity index (χ3v) is 4.25. The Morgan fingerprint density at radius 1 is 0.773 bits per heavy atom. The summed E-state index contributed by atoms with van der Waals surface area (Å²) in [7, 11) is 0. The normalized spacial score (nSPS) is 15.6. The summed E-state index contributed by atoms with van der Waals surface area (Å²) in [6.45, 7) is 1.36. The van der Waals surface area contributed by atoms with E-state index in [1.54, 1.807) is 0 Å². The molecule has 0 bridgehead atoms. The van der Waals surface area contributed by atoms with E-state index < -0.39 is 0 Å². The maximum absolute atomic E-state index is 6.28. The van der Waals surface area contributed by atoms with Gasteiger partial charge in [0.25, 0.3) is 0 Å². The molecule has 22 heavy (non-hydrogen) atoms. The van der Waals surface area contributed by atoms with Crippen LogP contribution in [0.5, 0.6) is 0 Å². The lowest BCUT2D eigenvalue weighted by molar-refractivity contribution is 0.140. The quantitative estimate of drug-likeness (QED) is 0.675. The van der Waals surface area contributed by atoms with E-state index >= 15 is 0 Å². The Morgan fingerprint density at radius 3 is 1.68 bits per heavy atom. The summed E-state index contributed by atoms with van der Waals surface area (Å²) in [5.41, 5.74) is 14.0. The highest BCUT2D eigenvalue weighted by molar-refractivity contribution is 6.31. The summed E-state index contributed by atoms with van der Waals surface area (Å²) in [6, 6.07) is 15.7. The number of nitrogens with one attached hydrogen (secondary N) is 4. The smallest absolute Gasteiger partial charge is 0.142 e. The molecule has 0 spiro atoms. The van der Waals surface area contributed by atoms with Gasteiger partial charge in [-0.3, -0.25) is 4.90 Å². The van der Waals surface area contributed by atoms with Crippen molar-refractivity contribution in [1.82, 2.24) is 26.8 Å². The van der Waals surface area contributed by atoms with Gasteiger partial charge in [0.05, 0.1) is 0 Å². The average molecular weight is 338 g/mol. The monoisotopic (exact) mass is 337 g/mol. The first-order valence-electron chi connectivity index (χ1n) is 6.96. The van der Waals surface area contributed by atoms with Crippen LogP contribution in [-0.4, -0.2) is 11.2 Å². The Kier molecular flexibility index (Phi) is 5.28. The van der Waals surface area contributed by atoms with E-state index in [1.165, 1.54) is 0 Å². The molecule has 1 aliphatic rings. The van der Waals surface area contributed by atoms with Gasteiger partial charge < -0.3 is 0 Å². The molecule has 0 aromatic heterocycles. The number of benzene rings is 2. The van der Waals surface area contributed by atoms with Gasteiger partial charge in [-0.15, -0.1) is 0 Å². The minimum Gasteiger partial charge on any atom is -0.265 e. The van der Waals surface area contributed by atoms with Crippen molar-refractivity contribution in [1.29, 1.82) is 0 Å². The first-order valence-corrected chi connectivity index (χ1v) is 7.71. The molecular weight excluding hydrogens is 321 g/mol. The first kappa shape index (κ1) is 15.7. The van der Waals surface area contributed by atoms with Crippen LogP contribution in [0, 0.1) is 0 Å². The topological polar surface area (TPSA) is 51.4 Å². The maximum atomic E-state index is 6.28. The molecule has 2 aromatic rings. The van der Waals surface area contributed by atoms with E-state index in [4.69, 9.17) is 23.2 Å². The summed E-state index contributed by atoms with van der Waals surface area (Å²) < 4.78 is 0. The zero-order valence-electron chi connectivity index (χ0n) is 11.8. The molecule has 1 heterocycles. The molecule has 0 radical (unpaired) electrons. The fourth-order valence-corrected chi connectivity index (χ4v) is 2.75. The number of hydrogen-bond donors (Lipinski definition) is 4. The zero-order chi connectivity index (χ0) is 15.4. The summed E-state index contributed by atoms with van der Waals surface area (Å²) in [6.07, 6.45) is -0.0902. The number of hydrogen-bond acceptors (Lipinski definition) is 5.